The molecule has 12 heavy (non-hydrogen) atoms. The van der Waals surface area contributed by atoms with E-state index in [1.807, 2.05) is 19.4 Å². The Hall–Kier alpha value is -0.930. The second-order valence-corrected chi connectivity index (χ2v) is 3.57. The van der Waals surface area contributed by atoms with Gasteiger partial charge in [-0.3, -0.25) is 4.98 Å². The first-order chi connectivity index (χ1) is 5.92. The highest BCUT2D eigenvalue weighted by molar-refractivity contribution is 7.17. The molecule has 1 N–H and O–H groups in total. The summed E-state index contributed by atoms with van der Waals surface area (Å²) in [7, 11) is 1.96. The van der Waals surface area contributed by atoms with Crippen LogP contribution >= 0.6 is 11.3 Å². The van der Waals surface area contributed by atoms with Crippen LogP contribution in [0.3, 0.4) is 0 Å². The SMILES string of the molecule is CNCc1csc2cnccc12. The fraction of sp³-hybridized carbons (Fsp3) is 0.222. The number of hydrogen-bond acceptors (Lipinski definition) is 3. The van der Waals surface area contributed by atoms with Crippen LogP contribution in [0.2, 0.25) is 0 Å². The lowest BCUT2D eigenvalue weighted by Gasteiger charge is -1.95. The number of thiophene rings is 1. The third-order valence-corrected chi connectivity index (χ3v) is 2.81. The zero-order valence-corrected chi connectivity index (χ0v) is 7.69. The summed E-state index contributed by atoms with van der Waals surface area (Å²) < 4.78 is 1.27. The number of nitrogens with one attached hydrogen (secondary N) is 1. The number of nitrogens with zero attached hydrogens (tertiary/aromatic N) is 1. The van der Waals surface area contributed by atoms with Crippen molar-refractivity contribution in [1.29, 1.82) is 0 Å². The summed E-state index contributed by atoms with van der Waals surface area (Å²) in [6.07, 6.45) is 3.76. The fourth-order valence-corrected chi connectivity index (χ4v) is 2.19. The summed E-state index contributed by atoms with van der Waals surface area (Å²) in [5.74, 6) is 0. The molecule has 0 bridgehead atoms. The molecule has 0 radical (unpaired) electrons. The Morgan fingerprint density at radius 3 is 3.33 bits per heavy atom. The largest absolute Gasteiger partial charge is 0.316 e. The number of aromatic nitrogens is 1. The molecule has 0 amide bonds. The Bertz CT molecular complexity index is 381. The van der Waals surface area contributed by atoms with Crippen LogP contribution in [0.15, 0.2) is 23.8 Å². The van der Waals surface area contributed by atoms with Crippen molar-refractivity contribution in [2.45, 2.75) is 6.54 Å². The van der Waals surface area contributed by atoms with E-state index in [0.29, 0.717) is 0 Å². The van der Waals surface area contributed by atoms with Crippen molar-refractivity contribution in [3.63, 3.8) is 0 Å². The van der Waals surface area contributed by atoms with Gasteiger partial charge in [-0.2, -0.15) is 0 Å². The molecular weight excluding hydrogens is 168 g/mol. The summed E-state index contributed by atoms with van der Waals surface area (Å²) >= 11 is 1.75. The predicted octanol–water partition coefficient (Wildman–Crippen LogP) is 2.02. The molecule has 2 rings (SSSR count). The van der Waals surface area contributed by atoms with Gasteiger partial charge < -0.3 is 5.32 Å². The molecular formula is C9H10N2S. The van der Waals surface area contributed by atoms with E-state index in [1.54, 1.807) is 11.3 Å². The number of pyridine rings is 1. The van der Waals surface area contributed by atoms with Gasteiger partial charge in [-0.25, -0.2) is 0 Å². The molecule has 0 aromatic carbocycles. The Kier molecular flexibility index (Phi) is 2.06. The molecule has 0 atom stereocenters. The lowest BCUT2D eigenvalue weighted by molar-refractivity contribution is 0.826. The maximum atomic E-state index is 4.08. The first-order valence-corrected chi connectivity index (χ1v) is 4.74. The Morgan fingerprint density at radius 2 is 2.50 bits per heavy atom. The minimum absolute atomic E-state index is 0.935. The number of hydrogen-bond donors (Lipinski definition) is 1. The normalized spacial score (nSPS) is 10.8. The summed E-state index contributed by atoms with van der Waals surface area (Å²) in [4.78, 5) is 4.08. The number of fused-ring (bicyclic) bond motifs is 1. The highest BCUT2D eigenvalue weighted by Crippen LogP contribution is 2.24. The zero-order valence-electron chi connectivity index (χ0n) is 6.87. The van der Waals surface area contributed by atoms with Gasteiger partial charge in [0.05, 0.1) is 4.70 Å². The van der Waals surface area contributed by atoms with E-state index < -0.39 is 0 Å². The van der Waals surface area contributed by atoms with Crippen LogP contribution in [0, 0.1) is 0 Å². The van der Waals surface area contributed by atoms with Crippen molar-refractivity contribution in [2.24, 2.45) is 0 Å². The van der Waals surface area contributed by atoms with E-state index in [4.69, 9.17) is 0 Å². The molecule has 0 saturated heterocycles. The highest BCUT2D eigenvalue weighted by Gasteiger charge is 2.00. The van der Waals surface area contributed by atoms with E-state index in [1.165, 1.54) is 15.6 Å². The number of rotatable bonds is 2. The lowest BCUT2D eigenvalue weighted by atomic mass is 10.2. The zero-order chi connectivity index (χ0) is 8.39. The maximum absolute atomic E-state index is 4.08. The van der Waals surface area contributed by atoms with Gasteiger partial charge in [-0.15, -0.1) is 11.3 Å². The average molecular weight is 178 g/mol. The van der Waals surface area contributed by atoms with Crippen molar-refractivity contribution in [1.82, 2.24) is 10.3 Å². The maximum Gasteiger partial charge on any atom is 0.0529 e. The Morgan fingerprint density at radius 1 is 1.58 bits per heavy atom. The predicted molar refractivity (Wildman–Crippen MR) is 52.4 cm³/mol. The molecule has 2 aromatic heterocycles. The van der Waals surface area contributed by atoms with E-state index in [-0.39, 0.29) is 0 Å². The molecule has 0 aliphatic heterocycles. The topological polar surface area (TPSA) is 24.9 Å². The van der Waals surface area contributed by atoms with Crippen LogP contribution in [-0.2, 0) is 6.54 Å². The standard InChI is InChI=1S/C9H10N2S/c1-10-4-7-6-12-9-5-11-3-2-8(7)9/h2-3,5-6,10H,4H2,1H3. The van der Waals surface area contributed by atoms with Crippen molar-refractivity contribution >= 4 is 21.4 Å². The Labute approximate surface area is 75.3 Å². The monoisotopic (exact) mass is 178 g/mol. The molecule has 62 valence electrons. The first-order valence-electron chi connectivity index (χ1n) is 3.86. The fourth-order valence-electron chi connectivity index (χ4n) is 1.26. The first kappa shape index (κ1) is 7.71. The second-order valence-electron chi connectivity index (χ2n) is 2.66. The van der Waals surface area contributed by atoms with Gasteiger partial charge in [0, 0.05) is 24.3 Å². The molecule has 0 unspecified atom stereocenters. The molecule has 0 aliphatic carbocycles. The van der Waals surface area contributed by atoms with Gasteiger partial charge >= 0.3 is 0 Å². The minimum atomic E-state index is 0.935. The van der Waals surface area contributed by atoms with Gasteiger partial charge in [-0.05, 0) is 24.1 Å². The average Bonchev–Trinajstić information content (AvgIpc) is 2.50. The quantitative estimate of drug-likeness (QED) is 0.761. The molecule has 3 heteroatoms. The van der Waals surface area contributed by atoms with Crippen LogP contribution in [0.25, 0.3) is 10.1 Å². The minimum Gasteiger partial charge on any atom is -0.316 e. The second kappa shape index (κ2) is 3.21. The Balaban J connectivity index is 2.55. The third kappa shape index (κ3) is 1.21. The van der Waals surface area contributed by atoms with E-state index >= 15 is 0 Å². The summed E-state index contributed by atoms with van der Waals surface area (Å²) in [5.41, 5.74) is 1.36. The van der Waals surface area contributed by atoms with Crippen LogP contribution in [0.4, 0.5) is 0 Å². The van der Waals surface area contributed by atoms with Crippen molar-refractivity contribution in [3.8, 4) is 0 Å². The van der Waals surface area contributed by atoms with Crippen molar-refractivity contribution in [3.05, 3.63) is 29.4 Å². The molecule has 0 spiro atoms. The van der Waals surface area contributed by atoms with Gasteiger partial charge in [0.1, 0.15) is 0 Å². The smallest absolute Gasteiger partial charge is 0.0529 e. The van der Waals surface area contributed by atoms with Gasteiger partial charge in [0.2, 0.25) is 0 Å². The molecule has 2 nitrogen and oxygen atoms in total. The molecule has 0 saturated carbocycles. The summed E-state index contributed by atoms with van der Waals surface area (Å²) in [5, 5.41) is 6.66. The van der Waals surface area contributed by atoms with Crippen LogP contribution in [-0.4, -0.2) is 12.0 Å². The van der Waals surface area contributed by atoms with Crippen LogP contribution in [0.5, 0.6) is 0 Å². The third-order valence-electron chi connectivity index (χ3n) is 1.83. The van der Waals surface area contributed by atoms with Crippen molar-refractivity contribution < 1.29 is 0 Å². The molecule has 0 fully saturated rings. The van der Waals surface area contributed by atoms with Gasteiger partial charge in [0.15, 0.2) is 0 Å². The molecule has 0 aliphatic rings. The van der Waals surface area contributed by atoms with Crippen LogP contribution < -0.4 is 5.32 Å². The van der Waals surface area contributed by atoms with Gasteiger partial charge in [0.25, 0.3) is 0 Å². The highest BCUT2D eigenvalue weighted by atomic mass is 32.1. The molecule has 2 aromatic rings. The van der Waals surface area contributed by atoms with Gasteiger partial charge in [-0.1, -0.05) is 0 Å². The van der Waals surface area contributed by atoms with E-state index in [9.17, 15) is 0 Å². The van der Waals surface area contributed by atoms with E-state index in [0.717, 1.165) is 6.54 Å². The molecule has 2 heterocycles. The van der Waals surface area contributed by atoms with Crippen LogP contribution in [0.1, 0.15) is 5.56 Å². The summed E-state index contributed by atoms with van der Waals surface area (Å²) in [6, 6.07) is 2.07. The summed E-state index contributed by atoms with van der Waals surface area (Å²) in [6.45, 7) is 0.935. The van der Waals surface area contributed by atoms with Crippen molar-refractivity contribution in [2.75, 3.05) is 7.05 Å². The van der Waals surface area contributed by atoms with E-state index in [2.05, 4.69) is 21.7 Å². The lowest BCUT2D eigenvalue weighted by Crippen LogP contribution is -2.03.